The Morgan fingerprint density at radius 2 is 2.06 bits per heavy atom. The van der Waals surface area contributed by atoms with Crippen LogP contribution in [0.25, 0.3) is 0 Å². The molecule has 4 nitrogen and oxygen atoms in total. The summed E-state index contributed by atoms with van der Waals surface area (Å²) in [6, 6.07) is 7.88. The maximum absolute atomic E-state index is 11.4. The zero-order chi connectivity index (χ0) is 13.8. The van der Waals surface area contributed by atoms with Crippen molar-refractivity contribution in [2.75, 3.05) is 34.2 Å². The van der Waals surface area contributed by atoms with Crippen molar-refractivity contribution in [3.8, 4) is 0 Å². The minimum absolute atomic E-state index is 0.0736. The van der Waals surface area contributed by atoms with Crippen molar-refractivity contribution in [2.45, 2.75) is 13.3 Å². The molecule has 0 aliphatic rings. The summed E-state index contributed by atoms with van der Waals surface area (Å²) in [6.07, 6.45) is 0.117. The van der Waals surface area contributed by atoms with Gasteiger partial charge in [-0.2, -0.15) is 9.28 Å². The molecule has 0 bridgehead atoms. The fourth-order valence-corrected chi connectivity index (χ4v) is 1.80. The second-order valence-electron chi connectivity index (χ2n) is 5.01. The molecule has 18 heavy (non-hydrogen) atoms. The van der Waals surface area contributed by atoms with Crippen LogP contribution in [-0.2, 0) is 6.42 Å². The van der Waals surface area contributed by atoms with Crippen LogP contribution in [0.4, 0.5) is 10.5 Å². The average Bonchev–Trinajstić information content (AvgIpc) is 2.35. The molecule has 0 saturated heterocycles. The largest absolute Gasteiger partial charge is 0.518 e. The first kappa shape index (κ1) is 14.7. The van der Waals surface area contributed by atoms with E-state index in [9.17, 15) is 9.90 Å². The van der Waals surface area contributed by atoms with Gasteiger partial charge < -0.3 is 10.0 Å². The van der Waals surface area contributed by atoms with E-state index < -0.39 is 6.09 Å². The lowest BCUT2D eigenvalue weighted by atomic mass is 10.1. The van der Waals surface area contributed by atoms with Gasteiger partial charge in [-0.3, -0.25) is 0 Å². The molecule has 1 amide bonds. The van der Waals surface area contributed by atoms with Gasteiger partial charge in [0.25, 0.3) is 0 Å². The first-order valence-corrected chi connectivity index (χ1v) is 6.23. The van der Waals surface area contributed by atoms with Gasteiger partial charge in [0.2, 0.25) is 0 Å². The highest BCUT2D eigenvalue weighted by molar-refractivity contribution is 5.80. The molecule has 1 rings (SSSR count). The van der Waals surface area contributed by atoms with E-state index >= 15 is 0 Å². The fourth-order valence-electron chi connectivity index (χ4n) is 1.80. The normalized spacial score (nSPS) is 14.5. The predicted molar refractivity (Wildman–Crippen MR) is 75.0 cm³/mol. The van der Waals surface area contributed by atoms with E-state index in [0.29, 0.717) is 6.54 Å². The number of hydrogen-bond acceptors (Lipinski definition) is 2. The first-order chi connectivity index (χ1) is 8.40. The van der Waals surface area contributed by atoms with E-state index in [-0.39, 0.29) is 4.48 Å². The molecule has 0 saturated carbocycles. The maximum atomic E-state index is 11.4. The number of benzene rings is 1. The predicted octanol–water partition coefficient (Wildman–Crippen LogP) is 2.43. The molecule has 1 aromatic rings. The van der Waals surface area contributed by atoms with Crippen molar-refractivity contribution in [3.63, 3.8) is 0 Å². The van der Waals surface area contributed by atoms with Crippen LogP contribution in [0.2, 0.25) is 0 Å². The van der Waals surface area contributed by atoms with Crippen LogP contribution < -0.4 is 4.48 Å². The average molecular weight is 251 g/mol. The Kier molecular flexibility index (Phi) is 4.87. The molecule has 1 atom stereocenters. The molecular weight excluding hydrogens is 228 g/mol. The summed E-state index contributed by atoms with van der Waals surface area (Å²) in [4.78, 5) is 13.5. The highest BCUT2D eigenvalue weighted by Crippen LogP contribution is 2.22. The van der Waals surface area contributed by atoms with E-state index in [0.717, 1.165) is 18.7 Å². The molecule has 0 spiro atoms. The number of nitrogens with zero attached hydrogens (tertiary/aromatic N) is 2. The fraction of sp³-hybridized carbons (Fsp3) is 0.500. The third-order valence-corrected chi connectivity index (χ3v) is 3.38. The topological polar surface area (TPSA) is 40.5 Å². The van der Waals surface area contributed by atoms with E-state index in [1.165, 1.54) is 5.56 Å². The van der Waals surface area contributed by atoms with Crippen molar-refractivity contribution in [1.29, 1.82) is 0 Å². The number of quaternary nitrogens is 1. The van der Waals surface area contributed by atoms with E-state index in [1.807, 2.05) is 39.2 Å². The third kappa shape index (κ3) is 3.31. The lowest BCUT2D eigenvalue weighted by Crippen LogP contribution is -2.49. The third-order valence-electron chi connectivity index (χ3n) is 3.38. The van der Waals surface area contributed by atoms with Crippen molar-refractivity contribution in [3.05, 3.63) is 29.8 Å². The molecule has 0 aromatic heterocycles. The number of amides is 1. The lowest BCUT2D eigenvalue weighted by molar-refractivity contribution is 0.158. The summed E-state index contributed by atoms with van der Waals surface area (Å²) < 4.78 is -0.0736. The first-order valence-electron chi connectivity index (χ1n) is 6.23. The number of hydrogen-bond donors (Lipinski definition) is 1. The van der Waals surface area contributed by atoms with Crippen molar-refractivity contribution in [1.82, 2.24) is 9.38 Å². The summed E-state index contributed by atoms with van der Waals surface area (Å²) in [5, 5.41) is 9.36. The van der Waals surface area contributed by atoms with Crippen LogP contribution in [0.1, 0.15) is 12.5 Å². The van der Waals surface area contributed by atoms with Crippen LogP contribution in [-0.4, -0.2) is 50.3 Å². The van der Waals surface area contributed by atoms with Gasteiger partial charge in [-0.1, -0.05) is 12.1 Å². The van der Waals surface area contributed by atoms with Crippen molar-refractivity contribution < 1.29 is 9.90 Å². The number of rotatable bonds is 5. The van der Waals surface area contributed by atoms with Gasteiger partial charge in [0.05, 0.1) is 13.6 Å². The van der Waals surface area contributed by atoms with Gasteiger partial charge in [0, 0.05) is 12.6 Å². The Labute approximate surface area is 109 Å². The molecule has 0 radical (unpaired) electrons. The molecule has 4 heteroatoms. The quantitative estimate of drug-likeness (QED) is 0.817. The Morgan fingerprint density at radius 1 is 1.39 bits per heavy atom. The van der Waals surface area contributed by atoms with Crippen LogP contribution >= 0.6 is 0 Å². The van der Waals surface area contributed by atoms with Gasteiger partial charge in [-0.05, 0) is 39.1 Å². The second-order valence-corrected chi connectivity index (χ2v) is 5.01. The molecular formula is C14H23N2O2+. The maximum Gasteiger partial charge on any atom is 0.518 e. The van der Waals surface area contributed by atoms with Crippen LogP contribution in [0.3, 0.4) is 0 Å². The van der Waals surface area contributed by atoms with E-state index in [4.69, 9.17) is 0 Å². The molecule has 1 aromatic carbocycles. The monoisotopic (exact) mass is 251 g/mol. The molecule has 100 valence electrons. The van der Waals surface area contributed by atoms with Gasteiger partial charge in [-0.25, -0.2) is 0 Å². The van der Waals surface area contributed by atoms with Crippen LogP contribution in [0, 0.1) is 0 Å². The smallest absolute Gasteiger partial charge is 0.435 e. The molecule has 1 N–H and O–H groups in total. The van der Waals surface area contributed by atoms with Crippen molar-refractivity contribution >= 4 is 11.8 Å². The molecule has 0 aliphatic heterocycles. The second kappa shape index (κ2) is 5.98. The molecule has 0 aliphatic carbocycles. The van der Waals surface area contributed by atoms with Crippen LogP contribution in [0.5, 0.6) is 0 Å². The van der Waals surface area contributed by atoms with Gasteiger partial charge in [-0.15, -0.1) is 0 Å². The van der Waals surface area contributed by atoms with Gasteiger partial charge in [0.1, 0.15) is 5.69 Å². The zero-order valence-electron chi connectivity index (χ0n) is 11.7. The summed E-state index contributed by atoms with van der Waals surface area (Å²) in [6.45, 7) is 3.39. The van der Waals surface area contributed by atoms with E-state index in [2.05, 4.69) is 11.0 Å². The Morgan fingerprint density at radius 3 is 2.56 bits per heavy atom. The Balaban J connectivity index is 2.97. The Bertz CT molecular complexity index is 418. The SMILES string of the molecule is CC[N@+](C)(C(=O)O)c1cccc(CCN(C)C)c1. The summed E-state index contributed by atoms with van der Waals surface area (Å²) >= 11 is 0. The minimum atomic E-state index is -0.817. The lowest BCUT2D eigenvalue weighted by Gasteiger charge is -2.26. The highest BCUT2D eigenvalue weighted by atomic mass is 16.4. The molecule has 0 unspecified atom stereocenters. The van der Waals surface area contributed by atoms with Crippen molar-refractivity contribution in [2.24, 2.45) is 0 Å². The molecule has 0 heterocycles. The Hall–Kier alpha value is -1.39. The van der Waals surface area contributed by atoms with E-state index in [1.54, 1.807) is 7.05 Å². The number of likely N-dealkylation sites (N-methyl/N-ethyl adjacent to an activating group) is 1. The summed E-state index contributed by atoms with van der Waals surface area (Å²) in [5.41, 5.74) is 2.02. The highest BCUT2D eigenvalue weighted by Gasteiger charge is 2.32. The summed E-state index contributed by atoms with van der Waals surface area (Å²) in [7, 11) is 5.80. The summed E-state index contributed by atoms with van der Waals surface area (Å²) in [5.74, 6) is 0. The number of carboxylic acid groups (broad SMARTS) is 1. The van der Waals surface area contributed by atoms with Crippen LogP contribution in [0.15, 0.2) is 24.3 Å². The zero-order valence-corrected chi connectivity index (χ0v) is 11.7. The van der Waals surface area contributed by atoms with Gasteiger partial charge >= 0.3 is 6.09 Å². The number of carbonyl (C=O) groups is 1. The molecule has 0 fully saturated rings. The van der Waals surface area contributed by atoms with Gasteiger partial charge in [0.15, 0.2) is 0 Å². The minimum Gasteiger partial charge on any atom is -0.435 e. The standard InChI is InChI=1S/C14H22N2O2/c1-5-16(4,14(17)18)13-8-6-7-12(11-13)9-10-15(2)3/h6-8,11H,5,9-10H2,1-4H3/p+1/t16-/m0/s1.